The van der Waals surface area contributed by atoms with Crippen LogP contribution in [0.1, 0.15) is 32.6 Å². The summed E-state index contributed by atoms with van der Waals surface area (Å²) in [6, 6.07) is 0.315. The molecule has 0 spiro atoms. The lowest BCUT2D eigenvalue weighted by Gasteiger charge is -2.19. The molecule has 0 unspecified atom stereocenters. The Bertz CT molecular complexity index is 296. The molecule has 0 heterocycles. The van der Waals surface area contributed by atoms with Crippen molar-refractivity contribution in [2.45, 2.75) is 38.6 Å². The van der Waals surface area contributed by atoms with Gasteiger partial charge in [0.05, 0.1) is 5.75 Å². The first-order valence-electron chi connectivity index (χ1n) is 5.17. The average molecular weight is 217 g/mol. The maximum absolute atomic E-state index is 11.2. The number of sulfone groups is 1. The molecule has 4 heteroatoms. The summed E-state index contributed by atoms with van der Waals surface area (Å²) < 4.78 is 22.5. The Kier molecular flexibility index (Phi) is 4.13. The lowest BCUT2D eigenvalue weighted by molar-refractivity contribution is 0.511. The molecule has 0 saturated heterocycles. The Morgan fingerprint density at radius 2 is 2.00 bits per heavy atom. The maximum atomic E-state index is 11.2. The molecule has 0 aliphatic heterocycles. The predicted molar refractivity (Wildman–Crippen MR) is 58.9 cm³/mol. The van der Waals surface area contributed by atoms with Gasteiger partial charge in [-0.05, 0) is 25.7 Å². The lowest BCUT2D eigenvalue weighted by Crippen LogP contribution is -2.23. The largest absolute Gasteiger partial charge is 0.328 e. The van der Waals surface area contributed by atoms with Crippen LogP contribution in [0.25, 0.3) is 0 Å². The second-order valence-corrected chi connectivity index (χ2v) is 6.30. The van der Waals surface area contributed by atoms with E-state index in [0.29, 0.717) is 6.04 Å². The quantitative estimate of drug-likeness (QED) is 0.724. The summed E-state index contributed by atoms with van der Waals surface area (Å²) in [5.41, 5.74) is 7.03. The molecule has 0 aromatic carbocycles. The predicted octanol–water partition coefficient (Wildman–Crippen LogP) is 1.25. The van der Waals surface area contributed by atoms with Crippen LogP contribution in [0.4, 0.5) is 0 Å². The molecule has 1 fully saturated rings. The van der Waals surface area contributed by atoms with Gasteiger partial charge in [-0.3, -0.25) is 0 Å². The molecule has 0 radical (unpaired) electrons. The minimum atomic E-state index is -2.84. The topological polar surface area (TPSA) is 60.2 Å². The molecule has 1 saturated carbocycles. The molecule has 1 aliphatic rings. The zero-order chi connectivity index (χ0) is 10.6. The third-order valence-electron chi connectivity index (χ3n) is 2.74. The van der Waals surface area contributed by atoms with Crippen LogP contribution in [0.15, 0.2) is 11.6 Å². The summed E-state index contributed by atoms with van der Waals surface area (Å²) in [5, 5.41) is 0. The zero-order valence-corrected chi connectivity index (χ0v) is 9.52. The van der Waals surface area contributed by atoms with Crippen LogP contribution < -0.4 is 5.73 Å². The number of hydrogen-bond acceptors (Lipinski definition) is 3. The van der Waals surface area contributed by atoms with Crippen molar-refractivity contribution in [1.29, 1.82) is 0 Å². The third-order valence-corrected chi connectivity index (χ3v) is 4.29. The maximum Gasteiger partial charge on any atom is 0.153 e. The number of rotatable bonds is 3. The highest BCUT2D eigenvalue weighted by atomic mass is 32.2. The van der Waals surface area contributed by atoms with Gasteiger partial charge in [0.2, 0.25) is 0 Å². The first kappa shape index (κ1) is 11.7. The Hall–Kier alpha value is -0.350. The monoisotopic (exact) mass is 217 g/mol. The SMILES string of the molecule is CCS(=O)(=O)CC=C1CCC(N)CC1. The number of nitrogens with two attached hydrogens (primary N) is 1. The Labute approximate surface area is 86.3 Å². The Balaban J connectivity index is 2.46. The van der Waals surface area contributed by atoms with Gasteiger partial charge in [-0.2, -0.15) is 0 Å². The van der Waals surface area contributed by atoms with Crippen molar-refractivity contribution in [3.8, 4) is 0 Å². The van der Waals surface area contributed by atoms with Crippen molar-refractivity contribution < 1.29 is 8.42 Å². The van der Waals surface area contributed by atoms with Crippen LogP contribution in [0.3, 0.4) is 0 Å². The molecule has 0 aromatic rings. The molecular formula is C10H19NO2S. The molecule has 0 bridgehead atoms. The second-order valence-electron chi connectivity index (χ2n) is 3.90. The van der Waals surface area contributed by atoms with Crippen LogP contribution in [0, 0.1) is 0 Å². The van der Waals surface area contributed by atoms with Crippen LogP contribution in [0.5, 0.6) is 0 Å². The van der Waals surface area contributed by atoms with E-state index in [1.54, 1.807) is 6.92 Å². The molecule has 2 N–H and O–H groups in total. The van der Waals surface area contributed by atoms with E-state index in [-0.39, 0.29) is 11.5 Å². The minimum Gasteiger partial charge on any atom is -0.328 e. The van der Waals surface area contributed by atoms with Crippen molar-refractivity contribution in [1.82, 2.24) is 0 Å². The van der Waals surface area contributed by atoms with Gasteiger partial charge in [-0.15, -0.1) is 0 Å². The van der Waals surface area contributed by atoms with Gasteiger partial charge in [-0.1, -0.05) is 18.6 Å². The minimum absolute atomic E-state index is 0.202. The van der Waals surface area contributed by atoms with Gasteiger partial charge in [0.15, 0.2) is 9.84 Å². The van der Waals surface area contributed by atoms with E-state index in [9.17, 15) is 8.42 Å². The van der Waals surface area contributed by atoms with Crippen molar-refractivity contribution in [2.75, 3.05) is 11.5 Å². The number of allylic oxidation sites excluding steroid dienone is 1. The van der Waals surface area contributed by atoms with Gasteiger partial charge in [0.1, 0.15) is 0 Å². The summed E-state index contributed by atoms with van der Waals surface area (Å²) in [5.74, 6) is 0.435. The summed E-state index contributed by atoms with van der Waals surface area (Å²) >= 11 is 0. The van der Waals surface area contributed by atoms with E-state index >= 15 is 0 Å². The zero-order valence-electron chi connectivity index (χ0n) is 8.70. The lowest BCUT2D eigenvalue weighted by atomic mass is 9.91. The van der Waals surface area contributed by atoms with Crippen molar-refractivity contribution in [2.24, 2.45) is 5.73 Å². The summed E-state index contributed by atoms with van der Waals surface area (Å²) in [6.07, 6.45) is 5.82. The standard InChI is InChI=1S/C10H19NO2S/c1-2-14(12,13)8-7-9-3-5-10(11)6-4-9/h7,10H,2-6,8,11H2,1H3. The van der Waals surface area contributed by atoms with Gasteiger partial charge in [0.25, 0.3) is 0 Å². The Morgan fingerprint density at radius 3 is 2.50 bits per heavy atom. The molecule has 0 atom stereocenters. The molecule has 82 valence electrons. The smallest absolute Gasteiger partial charge is 0.153 e. The van der Waals surface area contributed by atoms with E-state index < -0.39 is 9.84 Å². The highest BCUT2D eigenvalue weighted by Gasteiger charge is 2.13. The van der Waals surface area contributed by atoms with E-state index in [2.05, 4.69) is 0 Å². The molecule has 0 aromatic heterocycles. The van der Waals surface area contributed by atoms with Gasteiger partial charge >= 0.3 is 0 Å². The fourth-order valence-corrected chi connectivity index (χ4v) is 2.30. The van der Waals surface area contributed by atoms with Crippen molar-refractivity contribution >= 4 is 9.84 Å². The highest BCUT2D eigenvalue weighted by molar-refractivity contribution is 7.91. The molecule has 1 aliphatic carbocycles. The van der Waals surface area contributed by atoms with Crippen molar-refractivity contribution in [3.05, 3.63) is 11.6 Å². The van der Waals surface area contributed by atoms with Crippen LogP contribution >= 0.6 is 0 Å². The molecule has 0 amide bonds. The first-order chi connectivity index (χ1) is 6.53. The van der Waals surface area contributed by atoms with Gasteiger partial charge in [-0.25, -0.2) is 8.42 Å². The van der Waals surface area contributed by atoms with Crippen molar-refractivity contribution in [3.63, 3.8) is 0 Å². The van der Waals surface area contributed by atoms with Gasteiger partial charge < -0.3 is 5.73 Å². The van der Waals surface area contributed by atoms with E-state index in [4.69, 9.17) is 5.73 Å². The van der Waals surface area contributed by atoms with Crippen LogP contribution in [-0.4, -0.2) is 26.0 Å². The van der Waals surface area contributed by atoms with E-state index in [1.165, 1.54) is 5.57 Å². The molecule has 3 nitrogen and oxygen atoms in total. The molecule has 1 rings (SSSR count). The second kappa shape index (κ2) is 4.94. The fourth-order valence-electron chi connectivity index (χ4n) is 1.58. The summed E-state index contributed by atoms with van der Waals surface area (Å²) in [7, 11) is -2.84. The third kappa shape index (κ3) is 3.80. The van der Waals surface area contributed by atoms with E-state index in [0.717, 1.165) is 25.7 Å². The van der Waals surface area contributed by atoms with Crippen LogP contribution in [0.2, 0.25) is 0 Å². The van der Waals surface area contributed by atoms with E-state index in [1.807, 2.05) is 6.08 Å². The number of hydrogen-bond donors (Lipinski definition) is 1. The normalized spacial score (nSPS) is 23.6. The van der Waals surface area contributed by atoms with Gasteiger partial charge in [0, 0.05) is 11.8 Å². The highest BCUT2D eigenvalue weighted by Crippen LogP contribution is 2.22. The average Bonchev–Trinajstić information content (AvgIpc) is 2.17. The molecule has 14 heavy (non-hydrogen) atoms. The summed E-state index contributed by atoms with van der Waals surface area (Å²) in [6.45, 7) is 1.69. The molecular weight excluding hydrogens is 198 g/mol. The summed E-state index contributed by atoms with van der Waals surface area (Å²) in [4.78, 5) is 0. The first-order valence-corrected chi connectivity index (χ1v) is 6.99. The van der Waals surface area contributed by atoms with Crippen LogP contribution in [-0.2, 0) is 9.84 Å². The Morgan fingerprint density at radius 1 is 1.43 bits per heavy atom. The fraction of sp³-hybridized carbons (Fsp3) is 0.800.